The van der Waals surface area contributed by atoms with E-state index in [2.05, 4.69) is 10.2 Å². The zero-order valence-corrected chi connectivity index (χ0v) is 12.0. The van der Waals surface area contributed by atoms with Crippen LogP contribution < -0.4 is 5.32 Å². The zero-order chi connectivity index (χ0) is 13.9. The minimum Gasteiger partial charge on any atom is -0.348 e. The normalized spacial score (nSPS) is 29.2. The highest BCUT2D eigenvalue weighted by molar-refractivity contribution is 5.95. The first kappa shape index (κ1) is 13.4. The molecule has 1 N–H and O–H groups in total. The van der Waals surface area contributed by atoms with Crippen molar-refractivity contribution < 1.29 is 4.79 Å². The highest BCUT2D eigenvalue weighted by Gasteiger charge is 2.34. The lowest BCUT2D eigenvalue weighted by molar-refractivity contribution is -0.118. The largest absolute Gasteiger partial charge is 0.348 e. The van der Waals surface area contributed by atoms with Crippen molar-refractivity contribution in [1.29, 1.82) is 0 Å². The maximum absolute atomic E-state index is 12.2. The Kier molecular flexibility index (Phi) is 3.88. The molecule has 3 heterocycles. The fraction of sp³-hybridized carbons (Fsp3) is 0.471. The molecular formula is C17H22N2O. The third kappa shape index (κ3) is 2.93. The Morgan fingerprint density at radius 2 is 1.95 bits per heavy atom. The van der Waals surface area contributed by atoms with E-state index in [-0.39, 0.29) is 5.91 Å². The van der Waals surface area contributed by atoms with Gasteiger partial charge in [0.15, 0.2) is 0 Å². The summed E-state index contributed by atoms with van der Waals surface area (Å²) in [7, 11) is 0. The van der Waals surface area contributed by atoms with Crippen LogP contribution in [0.25, 0.3) is 5.57 Å². The van der Waals surface area contributed by atoms with Crippen molar-refractivity contribution in [1.82, 2.24) is 10.2 Å². The van der Waals surface area contributed by atoms with Crippen molar-refractivity contribution in [3.63, 3.8) is 0 Å². The molecule has 0 spiro atoms. The minimum absolute atomic E-state index is 0.0464. The van der Waals surface area contributed by atoms with Gasteiger partial charge in [0.25, 0.3) is 0 Å². The number of carbonyl (C=O) groups excluding carboxylic acids is 1. The number of allylic oxidation sites excluding steroid dienone is 1. The maximum atomic E-state index is 12.2. The number of amides is 1. The van der Waals surface area contributed by atoms with Crippen LogP contribution in [0, 0.1) is 5.92 Å². The Morgan fingerprint density at radius 1 is 1.25 bits per heavy atom. The molecule has 0 aliphatic carbocycles. The topological polar surface area (TPSA) is 32.3 Å². The van der Waals surface area contributed by atoms with Crippen LogP contribution in [0.5, 0.6) is 0 Å². The molecular weight excluding hydrogens is 248 g/mol. The molecule has 3 fully saturated rings. The maximum Gasteiger partial charge on any atom is 0.244 e. The fourth-order valence-electron chi connectivity index (χ4n) is 3.33. The summed E-state index contributed by atoms with van der Waals surface area (Å²) in [5.41, 5.74) is 2.13. The molecule has 3 aliphatic rings. The van der Waals surface area contributed by atoms with Crippen LogP contribution in [-0.4, -0.2) is 36.5 Å². The van der Waals surface area contributed by atoms with E-state index in [1.54, 1.807) is 6.08 Å². The summed E-state index contributed by atoms with van der Waals surface area (Å²) in [4.78, 5) is 14.6. The predicted molar refractivity (Wildman–Crippen MR) is 81.2 cm³/mol. The minimum atomic E-state index is 0.0464. The summed E-state index contributed by atoms with van der Waals surface area (Å²) in [6, 6.07) is 10.4. The van der Waals surface area contributed by atoms with Crippen LogP contribution >= 0.6 is 0 Å². The number of piperidine rings is 3. The van der Waals surface area contributed by atoms with Gasteiger partial charge in [-0.05, 0) is 49.9 Å². The molecule has 4 rings (SSSR count). The SMILES string of the molecule is CC(=CC(=O)N[C@H]1CN2CCC1CC2)c1ccccc1. The highest BCUT2D eigenvalue weighted by atomic mass is 16.1. The number of hydrogen-bond acceptors (Lipinski definition) is 2. The van der Waals surface area contributed by atoms with Crippen LogP contribution in [0.4, 0.5) is 0 Å². The summed E-state index contributed by atoms with van der Waals surface area (Å²) >= 11 is 0. The smallest absolute Gasteiger partial charge is 0.244 e. The molecule has 0 aromatic heterocycles. The summed E-state index contributed by atoms with van der Waals surface area (Å²) in [5, 5.41) is 3.19. The number of nitrogens with one attached hydrogen (secondary N) is 1. The Labute approximate surface area is 120 Å². The van der Waals surface area contributed by atoms with Gasteiger partial charge in [0, 0.05) is 18.7 Å². The van der Waals surface area contributed by atoms with E-state index in [0.29, 0.717) is 12.0 Å². The van der Waals surface area contributed by atoms with Crippen LogP contribution in [-0.2, 0) is 4.79 Å². The average Bonchev–Trinajstić information content (AvgIpc) is 2.49. The predicted octanol–water partition coefficient (Wildman–Crippen LogP) is 2.30. The second-order valence-electron chi connectivity index (χ2n) is 5.95. The van der Waals surface area contributed by atoms with Gasteiger partial charge in [-0.25, -0.2) is 0 Å². The van der Waals surface area contributed by atoms with Gasteiger partial charge in [0.1, 0.15) is 0 Å². The first-order valence-corrected chi connectivity index (χ1v) is 7.49. The Bertz CT molecular complexity index is 501. The first-order chi connectivity index (χ1) is 9.72. The quantitative estimate of drug-likeness (QED) is 0.855. The van der Waals surface area contributed by atoms with Crippen molar-refractivity contribution in [2.75, 3.05) is 19.6 Å². The van der Waals surface area contributed by atoms with Gasteiger partial charge >= 0.3 is 0 Å². The van der Waals surface area contributed by atoms with E-state index in [0.717, 1.165) is 17.7 Å². The van der Waals surface area contributed by atoms with Crippen molar-refractivity contribution in [2.45, 2.75) is 25.8 Å². The molecule has 1 aromatic rings. The molecule has 20 heavy (non-hydrogen) atoms. The van der Waals surface area contributed by atoms with E-state index in [4.69, 9.17) is 0 Å². The van der Waals surface area contributed by atoms with Crippen molar-refractivity contribution in [3.05, 3.63) is 42.0 Å². The second-order valence-corrected chi connectivity index (χ2v) is 5.95. The van der Waals surface area contributed by atoms with Crippen LogP contribution in [0.3, 0.4) is 0 Å². The van der Waals surface area contributed by atoms with Crippen LogP contribution in [0.15, 0.2) is 36.4 Å². The van der Waals surface area contributed by atoms with Gasteiger partial charge in [-0.1, -0.05) is 30.3 Å². The molecule has 3 saturated heterocycles. The second kappa shape index (κ2) is 5.80. The van der Waals surface area contributed by atoms with E-state index in [1.807, 2.05) is 37.3 Å². The zero-order valence-electron chi connectivity index (χ0n) is 12.0. The molecule has 3 nitrogen and oxygen atoms in total. The van der Waals surface area contributed by atoms with Crippen molar-refractivity contribution in [2.24, 2.45) is 5.92 Å². The van der Waals surface area contributed by atoms with Gasteiger partial charge in [0.2, 0.25) is 5.91 Å². The van der Waals surface area contributed by atoms with Crippen molar-refractivity contribution in [3.8, 4) is 0 Å². The number of nitrogens with zero attached hydrogens (tertiary/aromatic N) is 1. The Hall–Kier alpha value is -1.61. The van der Waals surface area contributed by atoms with Gasteiger partial charge in [-0.3, -0.25) is 4.79 Å². The summed E-state index contributed by atoms with van der Waals surface area (Å²) < 4.78 is 0. The first-order valence-electron chi connectivity index (χ1n) is 7.49. The number of carbonyl (C=O) groups is 1. The number of fused-ring (bicyclic) bond motifs is 3. The third-order valence-corrected chi connectivity index (χ3v) is 4.56. The highest BCUT2D eigenvalue weighted by Crippen LogP contribution is 2.27. The molecule has 0 radical (unpaired) electrons. The van der Waals surface area contributed by atoms with E-state index in [9.17, 15) is 4.79 Å². The lowest BCUT2D eigenvalue weighted by atomic mass is 9.84. The molecule has 2 bridgehead atoms. The molecule has 3 aliphatic heterocycles. The standard InChI is InChI=1S/C17H22N2O/c1-13(14-5-3-2-4-6-14)11-17(20)18-16-12-19-9-7-15(16)8-10-19/h2-6,11,15-16H,7-10,12H2,1H3,(H,18,20)/t16-/m0/s1. The molecule has 1 aromatic carbocycles. The van der Waals surface area contributed by atoms with E-state index < -0.39 is 0 Å². The fourth-order valence-corrected chi connectivity index (χ4v) is 3.33. The summed E-state index contributed by atoms with van der Waals surface area (Å²) in [6.07, 6.45) is 4.19. The van der Waals surface area contributed by atoms with Crippen LogP contribution in [0.2, 0.25) is 0 Å². The van der Waals surface area contributed by atoms with Gasteiger partial charge < -0.3 is 10.2 Å². The van der Waals surface area contributed by atoms with Crippen LogP contribution in [0.1, 0.15) is 25.3 Å². The number of rotatable bonds is 3. The summed E-state index contributed by atoms with van der Waals surface area (Å²) in [6.45, 7) is 5.42. The monoisotopic (exact) mass is 270 g/mol. The number of benzene rings is 1. The summed E-state index contributed by atoms with van der Waals surface area (Å²) in [5.74, 6) is 0.722. The van der Waals surface area contributed by atoms with Gasteiger partial charge in [0.05, 0.1) is 0 Å². The lowest BCUT2D eigenvalue weighted by Gasteiger charge is -2.44. The molecule has 0 saturated carbocycles. The molecule has 0 unspecified atom stereocenters. The van der Waals surface area contributed by atoms with E-state index in [1.165, 1.54) is 25.9 Å². The average molecular weight is 270 g/mol. The molecule has 106 valence electrons. The molecule has 1 atom stereocenters. The lowest BCUT2D eigenvalue weighted by Crippen LogP contribution is -2.57. The molecule has 1 amide bonds. The Morgan fingerprint density at radius 3 is 2.55 bits per heavy atom. The van der Waals surface area contributed by atoms with Crippen molar-refractivity contribution >= 4 is 11.5 Å². The molecule has 3 heteroatoms. The van der Waals surface area contributed by atoms with Gasteiger partial charge in [-0.15, -0.1) is 0 Å². The third-order valence-electron chi connectivity index (χ3n) is 4.56. The number of hydrogen-bond donors (Lipinski definition) is 1. The van der Waals surface area contributed by atoms with E-state index >= 15 is 0 Å². The van der Waals surface area contributed by atoms with Gasteiger partial charge in [-0.2, -0.15) is 0 Å². The Balaban J connectivity index is 1.62.